The van der Waals surface area contributed by atoms with E-state index in [1.54, 1.807) is 31.5 Å². The van der Waals surface area contributed by atoms with Crippen molar-refractivity contribution in [2.24, 2.45) is 5.73 Å². The minimum Gasteiger partial charge on any atom is -0.496 e. The summed E-state index contributed by atoms with van der Waals surface area (Å²) in [6.45, 7) is 4.45. The number of methoxy groups -OCH3 is 1. The molecule has 2 aliphatic heterocycles. The lowest BCUT2D eigenvalue weighted by Gasteiger charge is -2.44. The maximum absolute atomic E-state index is 14.0. The summed E-state index contributed by atoms with van der Waals surface area (Å²) in [4.78, 5) is 17.6. The number of pyridine rings is 1. The Kier molecular flexibility index (Phi) is 4.64. The molecule has 2 aliphatic rings. The molecule has 1 aromatic heterocycles. The van der Waals surface area contributed by atoms with E-state index in [9.17, 15) is 9.18 Å². The van der Waals surface area contributed by atoms with Crippen molar-refractivity contribution in [3.8, 4) is 22.6 Å². The summed E-state index contributed by atoms with van der Waals surface area (Å²) in [6.07, 6.45) is 3.03. The van der Waals surface area contributed by atoms with Crippen molar-refractivity contribution in [1.29, 1.82) is 0 Å². The van der Waals surface area contributed by atoms with Crippen molar-refractivity contribution in [1.82, 2.24) is 4.98 Å². The van der Waals surface area contributed by atoms with Crippen LogP contribution in [0.25, 0.3) is 16.8 Å². The quantitative estimate of drug-likeness (QED) is 0.620. The number of nitrogens with two attached hydrogens (primary N) is 1. The van der Waals surface area contributed by atoms with Crippen LogP contribution >= 0.6 is 11.6 Å². The van der Waals surface area contributed by atoms with E-state index >= 15 is 0 Å². The number of fused-ring (bicyclic) bond motifs is 2. The summed E-state index contributed by atoms with van der Waals surface area (Å²) in [5.74, 6) is 0.151. The van der Waals surface area contributed by atoms with Gasteiger partial charge in [0.05, 0.1) is 24.1 Å². The van der Waals surface area contributed by atoms with Crippen molar-refractivity contribution < 1.29 is 18.7 Å². The summed E-state index contributed by atoms with van der Waals surface area (Å²) >= 11 is 6.09. The fourth-order valence-corrected chi connectivity index (χ4v) is 4.22. The third kappa shape index (κ3) is 3.09. The monoisotopic (exact) mass is 449 g/mol. The van der Waals surface area contributed by atoms with E-state index < -0.39 is 11.7 Å². The molecule has 160 valence electrons. The number of hydrogen-bond acceptors (Lipinski definition) is 5. The van der Waals surface area contributed by atoms with Gasteiger partial charge in [-0.3, -0.25) is 9.78 Å². The van der Waals surface area contributed by atoms with Crippen LogP contribution in [0.2, 0.25) is 5.02 Å². The highest BCUT2D eigenvalue weighted by atomic mass is 35.5. The second-order valence-electron chi connectivity index (χ2n) is 7.40. The van der Waals surface area contributed by atoms with E-state index in [0.29, 0.717) is 45.6 Å². The molecular weight excluding hydrogens is 433 g/mol. The summed E-state index contributed by atoms with van der Waals surface area (Å²) in [5.41, 5.74) is 10.9. The SMILES string of the molecule is C=C1C2=C(c3cc(-c4cncc(C(N)=O)c4)c(OC)cc3OC2)N1c1cc(F)cc(Cl)c1. The Morgan fingerprint density at radius 3 is 2.75 bits per heavy atom. The maximum atomic E-state index is 14.0. The van der Waals surface area contributed by atoms with Gasteiger partial charge in [-0.05, 0) is 30.3 Å². The van der Waals surface area contributed by atoms with Crippen LogP contribution in [0, 0.1) is 5.82 Å². The van der Waals surface area contributed by atoms with Crippen molar-refractivity contribution in [3.05, 3.63) is 88.6 Å². The van der Waals surface area contributed by atoms with E-state index in [2.05, 4.69) is 11.6 Å². The van der Waals surface area contributed by atoms with E-state index in [1.807, 2.05) is 11.0 Å². The number of anilines is 1. The molecular formula is C24H17ClFN3O3. The number of primary amides is 1. The van der Waals surface area contributed by atoms with Gasteiger partial charge in [0, 0.05) is 51.4 Å². The highest BCUT2D eigenvalue weighted by molar-refractivity contribution is 6.31. The van der Waals surface area contributed by atoms with Gasteiger partial charge < -0.3 is 20.1 Å². The fourth-order valence-electron chi connectivity index (χ4n) is 4.01. The average Bonchev–Trinajstić information content (AvgIpc) is 2.76. The van der Waals surface area contributed by atoms with Gasteiger partial charge in [-0.2, -0.15) is 0 Å². The molecule has 2 aromatic carbocycles. The predicted molar refractivity (Wildman–Crippen MR) is 120 cm³/mol. The van der Waals surface area contributed by atoms with Gasteiger partial charge >= 0.3 is 0 Å². The van der Waals surface area contributed by atoms with Gasteiger partial charge in [0.15, 0.2) is 0 Å². The molecule has 8 heteroatoms. The molecule has 32 heavy (non-hydrogen) atoms. The van der Waals surface area contributed by atoms with E-state index in [0.717, 1.165) is 16.8 Å². The zero-order chi connectivity index (χ0) is 22.6. The summed E-state index contributed by atoms with van der Waals surface area (Å²) < 4.78 is 25.6. The first-order chi connectivity index (χ1) is 15.4. The lowest BCUT2D eigenvalue weighted by Crippen LogP contribution is -2.37. The fraction of sp³-hybridized carbons (Fsp3) is 0.0833. The predicted octanol–water partition coefficient (Wildman–Crippen LogP) is 4.79. The van der Waals surface area contributed by atoms with Gasteiger partial charge in [0.2, 0.25) is 5.91 Å². The van der Waals surface area contributed by atoms with E-state index in [4.69, 9.17) is 26.8 Å². The molecule has 2 N–H and O–H groups in total. The third-order valence-electron chi connectivity index (χ3n) is 5.50. The van der Waals surface area contributed by atoms with Crippen LogP contribution < -0.4 is 20.1 Å². The Morgan fingerprint density at radius 2 is 2.03 bits per heavy atom. The molecule has 0 saturated carbocycles. The second kappa shape index (κ2) is 7.39. The number of ether oxygens (including phenoxy) is 2. The normalized spacial score (nSPS) is 14.3. The molecule has 0 bridgehead atoms. The van der Waals surface area contributed by atoms with Crippen LogP contribution in [0.3, 0.4) is 0 Å². The van der Waals surface area contributed by atoms with Crippen LogP contribution in [0.1, 0.15) is 15.9 Å². The van der Waals surface area contributed by atoms with Gasteiger partial charge in [-0.25, -0.2) is 4.39 Å². The number of halogens is 2. The number of carbonyl (C=O) groups excluding carboxylic acids is 1. The molecule has 1 amide bonds. The largest absolute Gasteiger partial charge is 0.496 e. The molecule has 0 unspecified atom stereocenters. The van der Waals surface area contributed by atoms with Crippen LogP contribution in [-0.2, 0) is 0 Å². The van der Waals surface area contributed by atoms with Crippen molar-refractivity contribution in [2.75, 3.05) is 18.6 Å². The van der Waals surface area contributed by atoms with Gasteiger partial charge in [0.25, 0.3) is 0 Å². The van der Waals surface area contributed by atoms with Gasteiger partial charge in [-0.1, -0.05) is 18.2 Å². The first kappa shape index (κ1) is 20.1. The number of amides is 1. The standard InChI is InChI=1S/C24H17ClFN3O3/c1-12-20-11-32-22-8-21(31-2)18(13-3-14(24(27)30)10-28-9-13)7-19(22)23(20)29(12)17-5-15(25)4-16(26)6-17/h3-10H,1,11H2,2H3,(H2,27,30). The van der Waals surface area contributed by atoms with Crippen LogP contribution in [0.4, 0.5) is 10.1 Å². The lowest BCUT2D eigenvalue weighted by atomic mass is 9.89. The second-order valence-corrected chi connectivity index (χ2v) is 7.84. The highest BCUT2D eigenvalue weighted by Crippen LogP contribution is 2.51. The molecule has 0 radical (unpaired) electrons. The molecule has 3 aromatic rings. The number of nitrogens with zero attached hydrogens (tertiary/aromatic N) is 2. The van der Waals surface area contributed by atoms with Crippen molar-refractivity contribution >= 4 is 28.9 Å². The average molecular weight is 450 g/mol. The number of hydrogen-bond donors (Lipinski definition) is 1. The molecule has 0 saturated heterocycles. The number of benzene rings is 2. The van der Waals surface area contributed by atoms with Crippen molar-refractivity contribution in [2.45, 2.75) is 0 Å². The maximum Gasteiger partial charge on any atom is 0.250 e. The lowest BCUT2D eigenvalue weighted by molar-refractivity contribution is 0.1000. The third-order valence-corrected chi connectivity index (χ3v) is 5.71. The minimum atomic E-state index is -0.575. The zero-order valence-electron chi connectivity index (χ0n) is 17.0. The van der Waals surface area contributed by atoms with Crippen molar-refractivity contribution in [3.63, 3.8) is 0 Å². The van der Waals surface area contributed by atoms with Crippen LogP contribution in [0.15, 0.2) is 66.6 Å². The molecule has 5 rings (SSSR count). The Balaban J connectivity index is 1.67. The highest BCUT2D eigenvalue weighted by Gasteiger charge is 2.38. The molecule has 0 spiro atoms. The number of aromatic nitrogens is 1. The Morgan fingerprint density at radius 1 is 1.22 bits per heavy atom. The Labute approximate surface area is 188 Å². The first-order valence-electron chi connectivity index (χ1n) is 9.66. The topological polar surface area (TPSA) is 77.7 Å². The van der Waals surface area contributed by atoms with Gasteiger partial charge in [-0.15, -0.1) is 0 Å². The minimum absolute atomic E-state index is 0.284. The molecule has 0 fully saturated rings. The molecule has 0 atom stereocenters. The summed E-state index contributed by atoms with van der Waals surface area (Å²) in [7, 11) is 1.55. The smallest absolute Gasteiger partial charge is 0.250 e. The van der Waals surface area contributed by atoms with E-state index in [1.165, 1.54) is 18.3 Å². The molecule has 0 aliphatic carbocycles. The summed E-state index contributed by atoms with van der Waals surface area (Å²) in [6, 6.07) is 9.67. The van der Waals surface area contributed by atoms with Crippen LogP contribution in [0.5, 0.6) is 11.5 Å². The van der Waals surface area contributed by atoms with Crippen LogP contribution in [-0.4, -0.2) is 24.6 Å². The first-order valence-corrected chi connectivity index (χ1v) is 10.0. The number of rotatable bonds is 4. The Hall–Kier alpha value is -3.84. The zero-order valence-corrected chi connectivity index (χ0v) is 17.7. The number of carbonyl (C=O) groups is 1. The summed E-state index contributed by atoms with van der Waals surface area (Å²) in [5, 5.41) is 0.291. The molecule has 6 nitrogen and oxygen atoms in total. The molecule has 3 heterocycles. The van der Waals surface area contributed by atoms with E-state index in [-0.39, 0.29) is 5.56 Å². The van der Waals surface area contributed by atoms with Gasteiger partial charge in [0.1, 0.15) is 23.9 Å². The Bertz CT molecular complexity index is 1330.